The van der Waals surface area contributed by atoms with E-state index >= 15 is 0 Å². The van der Waals surface area contributed by atoms with Gasteiger partial charge in [0.1, 0.15) is 6.04 Å². The molecule has 1 fully saturated rings. The monoisotopic (exact) mass is 494 g/mol. The van der Waals surface area contributed by atoms with Crippen molar-refractivity contribution in [3.63, 3.8) is 0 Å². The van der Waals surface area contributed by atoms with Crippen molar-refractivity contribution in [1.82, 2.24) is 10.2 Å². The molecule has 2 aromatic carbocycles. The molecule has 1 N–H and O–H groups in total. The second kappa shape index (κ2) is 11.9. The Bertz CT molecular complexity index is 945. The second-order valence-electron chi connectivity index (χ2n) is 8.31. The van der Waals surface area contributed by atoms with Crippen LogP contribution in [0.2, 0.25) is 15.1 Å². The summed E-state index contributed by atoms with van der Waals surface area (Å²) >= 11 is 18.6. The van der Waals surface area contributed by atoms with Crippen LogP contribution in [0, 0.1) is 0 Å². The molecule has 1 saturated carbocycles. The summed E-state index contributed by atoms with van der Waals surface area (Å²) in [5.41, 5.74) is 1.55. The summed E-state index contributed by atoms with van der Waals surface area (Å²) in [4.78, 5) is 28.3. The van der Waals surface area contributed by atoms with Crippen LogP contribution in [0.3, 0.4) is 0 Å². The molecule has 3 rings (SSSR count). The Morgan fingerprint density at radius 1 is 1.00 bits per heavy atom. The minimum Gasteiger partial charge on any atom is -0.352 e. The highest BCUT2D eigenvalue weighted by molar-refractivity contribution is 6.42. The first-order valence-corrected chi connectivity index (χ1v) is 12.3. The largest absolute Gasteiger partial charge is 0.352 e. The SMILES string of the molecule is CC[C@H](C(=O)NC1CCCCC1)N(Cc1ccc(Cl)c(Cl)c1)C(=O)Cc1ccccc1Cl. The molecular formula is C25H29Cl3N2O2. The molecule has 0 bridgehead atoms. The average Bonchev–Trinajstić information content (AvgIpc) is 2.78. The quantitative estimate of drug-likeness (QED) is 0.458. The van der Waals surface area contributed by atoms with Crippen LogP contribution in [0.4, 0.5) is 0 Å². The number of halogens is 3. The van der Waals surface area contributed by atoms with Crippen molar-refractivity contribution in [2.24, 2.45) is 0 Å². The Balaban J connectivity index is 1.84. The number of amides is 2. The molecule has 4 nitrogen and oxygen atoms in total. The molecule has 0 saturated heterocycles. The van der Waals surface area contributed by atoms with Gasteiger partial charge in [0.15, 0.2) is 0 Å². The number of nitrogens with zero attached hydrogens (tertiary/aromatic N) is 1. The van der Waals surface area contributed by atoms with E-state index in [-0.39, 0.29) is 30.8 Å². The van der Waals surface area contributed by atoms with Crippen LogP contribution in [0.1, 0.15) is 56.6 Å². The van der Waals surface area contributed by atoms with Gasteiger partial charge >= 0.3 is 0 Å². The van der Waals surface area contributed by atoms with Crippen LogP contribution in [-0.4, -0.2) is 28.8 Å². The number of carbonyl (C=O) groups is 2. The highest BCUT2D eigenvalue weighted by Crippen LogP contribution is 2.25. The average molecular weight is 496 g/mol. The van der Waals surface area contributed by atoms with E-state index < -0.39 is 6.04 Å². The first kappa shape index (κ1) is 24.9. The van der Waals surface area contributed by atoms with Gasteiger partial charge in [-0.2, -0.15) is 0 Å². The van der Waals surface area contributed by atoms with Crippen LogP contribution in [0.5, 0.6) is 0 Å². The Hall–Kier alpha value is -1.75. The molecule has 7 heteroatoms. The van der Waals surface area contributed by atoms with Gasteiger partial charge in [-0.1, -0.05) is 85.3 Å². The van der Waals surface area contributed by atoms with Gasteiger partial charge in [0.05, 0.1) is 16.5 Å². The lowest BCUT2D eigenvalue weighted by Gasteiger charge is -2.33. The Morgan fingerprint density at radius 2 is 1.72 bits per heavy atom. The minimum atomic E-state index is -0.582. The first-order chi connectivity index (χ1) is 15.4. The number of benzene rings is 2. The predicted octanol–water partition coefficient (Wildman–Crippen LogP) is 6.45. The molecule has 1 aliphatic rings. The molecule has 2 aromatic rings. The van der Waals surface area contributed by atoms with Crippen molar-refractivity contribution in [3.05, 3.63) is 68.7 Å². The molecule has 0 unspecified atom stereocenters. The van der Waals surface area contributed by atoms with Gasteiger partial charge in [-0.25, -0.2) is 0 Å². The molecule has 172 valence electrons. The number of nitrogens with one attached hydrogen (secondary N) is 1. The summed E-state index contributed by atoms with van der Waals surface area (Å²) in [6, 6.07) is 12.2. The lowest BCUT2D eigenvalue weighted by atomic mass is 9.95. The summed E-state index contributed by atoms with van der Waals surface area (Å²) in [5, 5.41) is 4.59. The number of hydrogen-bond acceptors (Lipinski definition) is 2. The Kier molecular flexibility index (Phi) is 9.27. The minimum absolute atomic E-state index is 0.105. The third-order valence-electron chi connectivity index (χ3n) is 5.97. The summed E-state index contributed by atoms with van der Waals surface area (Å²) in [6.07, 6.45) is 6.07. The third kappa shape index (κ3) is 6.63. The highest BCUT2D eigenvalue weighted by Gasteiger charge is 2.30. The fourth-order valence-corrected chi connectivity index (χ4v) is 4.73. The van der Waals surface area contributed by atoms with Crippen molar-refractivity contribution < 1.29 is 9.59 Å². The lowest BCUT2D eigenvalue weighted by molar-refractivity contribution is -0.141. The van der Waals surface area contributed by atoms with E-state index in [1.807, 2.05) is 31.2 Å². The van der Waals surface area contributed by atoms with Crippen LogP contribution in [0.15, 0.2) is 42.5 Å². The van der Waals surface area contributed by atoms with Gasteiger partial charge in [0, 0.05) is 17.6 Å². The fourth-order valence-electron chi connectivity index (χ4n) is 4.20. The summed E-state index contributed by atoms with van der Waals surface area (Å²) in [6.45, 7) is 2.19. The number of rotatable bonds is 8. The molecule has 32 heavy (non-hydrogen) atoms. The topological polar surface area (TPSA) is 49.4 Å². The molecule has 1 aliphatic carbocycles. The molecule has 2 amide bonds. The van der Waals surface area contributed by atoms with Gasteiger partial charge in [-0.3, -0.25) is 9.59 Å². The van der Waals surface area contributed by atoms with Crippen molar-refractivity contribution >= 4 is 46.6 Å². The molecule has 0 aliphatic heterocycles. The maximum absolute atomic E-state index is 13.4. The molecule has 0 heterocycles. The Morgan fingerprint density at radius 3 is 2.38 bits per heavy atom. The first-order valence-electron chi connectivity index (χ1n) is 11.2. The van der Waals surface area contributed by atoms with E-state index in [9.17, 15) is 9.59 Å². The van der Waals surface area contributed by atoms with E-state index in [0.29, 0.717) is 21.5 Å². The molecule has 0 aromatic heterocycles. The Labute approximate surface area is 205 Å². The maximum atomic E-state index is 13.4. The van der Waals surface area contributed by atoms with E-state index in [1.165, 1.54) is 6.42 Å². The molecule has 0 spiro atoms. The zero-order valence-corrected chi connectivity index (χ0v) is 20.5. The smallest absolute Gasteiger partial charge is 0.243 e. The standard InChI is InChI=1S/C25H29Cl3N2O2/c1-2-23(25(32)29-19-9-4-3-5-10-19)30(16-17-12-13-21(27)22(28)14-17)24(31)15-18-8-6-7-11-20(18)26/h6-8,11-14,19,23H,2-5,9-10,15-16H2,1H3,(H,29,32)/t23-/m1/s1. The van der Waals surface area contributed by atoms with Crippen LogP contribution >= 0.6 is 34.8 Å². The van der Waals surface area contributed by atoms with Crippen molar-refractivity contribution in [2.75, 3.05) is 0 Å². The lowest BCUT2D eigenvalue weighted by Crippen LogP contribution is -2.52. The third-order valence-corrected chi connectivity index (χ3v) is 7.08. The van der Waals surface area contributed by atoms with Gasteiger partial charge in [-0.05, 0) is 48.6 Å². The van der Waals surface area contributed by atoms with Crippen molar-refractivity contribution in [3.8, 4) is 0 Å². The fraction of sp³-hybridized carbons (Fsp3) is 0.440. The summed E-state index contributed by atoms with van der Waals surface area (Å²) in [5.74, 6) is -0.262. The van der Waals surface area contributed by atoms with Gasteiger partial charge in [-0.15, -0.1) is 0 Å². The highest BCUT2D eigenvalue weighted by atomic mass is 35.5. The van der Waals surface area contributed by atoms with Crippen LogP contribution in [-0.2, 0) is 22.6 Å². The van der Waals surface area contributed by atoms with E-state index in [0.717, 1.165) is 36.8 Å². The van der Waals surface area contributed by atoms with Gasteiger partial charge < -0.3 is 10.2 Å². The van der Waals surface area contributed by atoms with Crippen molar-refractivity contribution in [1.29, 1.82) is 0 Å². The van der Waals surface area contributed by atoms with Gasteiger partial charge in [0.25, 0.3) is 0 Å². The van der Waals surface area contributed by atoms with E-state index in [4.69, 9.17) is 34.8 Å². The van der Waals surface area contributed by atoms with Crippen LogP contribution in [0.25, 0.3) is 0 Å². The second-order valence-corrected chi connectivity index (χ2v) is 9.53. The van der Waals surface area contributed by atoms with Crippen molar-refractivity contribution in [2.45, 2.75) is 70.5 Å². The van der Waals surface area contributed by atoms with E-state index in [2.05, 4.69) is 5.32 Å². The van der Waals surface area contributed by atoms with Crippen LogP contribution < -0.4 is 5.32 Å². The zero-order chi connectivity index (χ0) is 23.1. The predicted molar refractivity (Wildman–Crippen MR) is 131 cm³/mol. The number of carbonyl (C=O) groups excluding carboxylic acids is 2. The molecule has 0 radical (unpaired) electrons. The summed E-state index contributed by atoms with van der Waals surface area (Å²) < 4.78 is 0. The van der Waals surface area contributed by atoms with Gasteiger partial charge in [0.2, 0.25) is 11.8 Å². The maximum Gasteiger partial charge on any atom is 0.243 e. The molecule has 1 atom stereocenters. The summed E-state index contributed by atoms with van der Waals surface area (Å²) in [7, 11) is 0. The number of hydrogen-bond donors (Lipinski definition) is 1. The zero-order valence-electron chi connectivity index (χ0n) is 18.3. The molecular weight excluding hydrogens is 467 g/mol. The van der Waals surface area contributed by atoms with E-state index in [1.54, 1.807) is 23.1 Å². The normalized spacial score (nSPS) is 15.2.